The molecule has 0 aromatic carbocycles. The molecule has 6 nitrogen and oxygen atoms in total. The number of hydrogen-bond acceptors (Lipinski definition) is 5. The Hall–Kier alpha value is -1.43. The topological polar surface area (TPSA) is 80.0 Å². The second-order valence-corrected chi connectivity index (χ2v) is 6.37. The molecule has 2 rings (SSSR count). The Labute approximate surface area is 119 Å². The maximum atomic E-state index is 11.9. The lowest BCUT2D eigenvalue weighted by Gasteiger charge is -2.23. The van der Waals surface area contributed by atoms with Crippen molar-refractivity contribution in [1.29, 1.82) is 0 Å². The lowest BCUT2D eigenvalue weighted by Crippen LogP contribution is -2.45. The molecule has 0 aliphatic carbocycles. The number of aromatic nitrogens is 2. The molecule has 0 radical (unpaired) electrons. The van der Waals surface area contributed by atoms with Crippen molar-refractivity contribution in [1.82, 2.24) is 20.8 Å². The predicted octanol–water partition coefficient (Wildman–Crippen LogP) is 1.17. The van der Waals surface area contributed by atoms with Gasteiger partial charge < -0.3 is 15.2 Å². The van der Waals surface area contributed by atoms with Crippen molar-refractivity contribution in [3.8, 4) is 0 Å². The lowest BCUT2D eigenvalue weighted by atomic mass is 9.96. The first-order valence-electron chi connectivity index (χ1n) is 7.28. The van der Waals surface area contributed by atoms with Crippen molar-refractivity contribution >= 4 is 5.91 Å². The summed E-state index contributed by atoms with van der Waals surface area (Å²) >= 11 is 0. The third-order valence-electron chi connectivity index (χ3n) is 3.37. The van der Waals surface area contributed by atoms with Crippen molar-refractivity contribution in [2.45, 2.75) is 57.9 Å². The molecule has 1 aromatic heterocycles. The number of hydrogen-bond donors (Lipinski definition) is 2. The van der Waals surface area contributed by atoms with Gasteiger partial charge in [0.1, 0.15) is 0 Å². The summed E-state index contributed by atoms with van der Waals surface area (Å²) in [5, 5.41) is 10.3. The third-order valence-corrected chi connectivity index (χ3v) is 3.37. The minimum atomic E-state index is -0.127. The zero-order valence-electron chi connectivity index (χ0n) is 12.5. The Morgan fingerprint density at radius 2 is 2.30 bits per heavy atom. The van der Waals surface area contributed by atoms with Gasteiger partial charge in [-0.3, -0.25) is 4.79 Å². The van der Waals surface area contributed by atoms with Gasteiger partial charge in [0.05, 0.1) is 0 Å². The zero-order chi connectivity index (χ0) is 14.6. The molecule has 1 aromatic rings. The van der Waals surface area contributed by atoms with Crippen LogP contribution in [-0.2, 0) is 16.6 Å². The summed E-state index contributed by atoms with van der Waals surface area (Å²) in [6.45, 7) is 8.00. The number of carbonyl (C=O) groups excluding carboxylic acids is 1. The summed E-state index contributed by atoms with van der Waals surface area (Å²) in [6, 6.07) is 0.254. The fraction of sp³-hybridized carbons (Fsp3) is 0.786. The van der Waals surface area contributed by atoms with Gasteiger partial charge in [-0.2, -0.15) is 4.98 Å². The molecule has 0 saturated carbocycles. The van der Waals surface area contributed by atoms with Crippen molar-refractivity contribution < 1.29 is 9.32 Å². The van der Waals surface area contributed by atoms with E-state index in [4.69, 9.17) is 4.52 Å². The van der Waals surface area contributed by atoms with Crippen LogP contribution in [0, 0.1) is 0 Å². The summed E-state index contributed by atoms with van der Waals surface area (Å²) in [5.41, 5.74) is -0.127. The molecule has 2 heterocycles. The highest BCUT2D eigenvalue weighted by Crippen LogP contribution is 2.18. The minimum Gasteiger partial charge on any atom is -0.352 e. The largest absolute Gasteiger partial charge is 0.352 e. The van der Waals surface area contributed by atoms with Crippen LogP contribution in [-0.4, -0.2) is 35.2 Å². The van der Waals surface area contributed by atoms with E-state index >= 15 is 0 Å². The first kappa shape index (κ1) is 15.0. The monoisotopic (exact) mass is 280 g/mol. The number of piperidine rings is 1. The number of rotatable bonds is 4. The van der Waals surface area contributed by atoms with Gasteiger partial charge in [-0.05, 0) is 19.4 Å². The number of aryl methyl sites for hydroxylation is 1. The molecule has 2 N–H and O–H groups in total. The quantitative estimate of drug-likeness (QED) is 0.865. The van der Waals surface area contributed by atoms with Gasteiger partial charge in [0, 0.05) is 30.8 Å². The molecular formula is C14H24N4O2. The highest BCUT2D eigenvalue weighted by Gasteiger charge is 2.21. The lowest BCUT2D eigenvalue weighted by molar-refractivity contribution is -0.121. The molecule has 1 saturated heterocycles. The molecule has 1 fully saturated rings. The van der Waals surface area contributed by atoms with Crippen LogP contribution in [0.2, 0.25) is 0 Å². The van der Waals surface area contributed by atoms with Gasteiger partial charge in [-0.1, -0.05) is 25.9 Å². The van der Waals surface area contributed by atoms with Gasteiger partial charge in [0.25, 0.3) is 0 Å². The minimum absolute atomic E-state index is 0.0502. The number of amides is 1. The normalized spacial score (nSPS) is 19.9. The van der Waals surface area contributed by atoms with Crippen LogP contribution in [0.4, 0.5) is 0 Å². The van der Waals surface area contributed by atoms with Crippen molar-refractivity contribution in [2.24, 2.45) is 0 Å². The van der Waals surface area contributed by atoms with Gasteiger partial charge in [0.15, 0.2) is 5.82 Å². The molecule has 1 atom stereocenters. The summed E-state index contributed by atoms with van der Waals surface area (Å²) in [7, 11) is 0. The molecule has 0 spiro atoms. The van der Waals surface area contributed by atoms with Gasteiger partial charge in [-0.15, -0.1) is 0 Å². The van der Waals surface area contributed by atoms with Crippen molar-refractivity contribution in [2.75, 3.05) is 13.1 Å². The van der Waals surface area contributed by atoms with Crippen molar-refractivity contribution in [3.63, 3.8) is 0 Å². The van der Waals surface area contributed by atoms with E-state index in [0.717, 1.165) is 25.9 Å². The van der Waals surface area contributed by atoms with E-state index in [-0.39, 0.29) is 17.4 Å². The van der Waals surface area contributed by atoms with Crippen LogP contribution in [0.5, 0.6) is 0 Å². The second-order valence-electron chi connectivity index (χ2n) is 6.37. The number of carbonyl (C=O) groups is 1. The maximum absolute atomic E-state index is 11.9. The van der Waals surface area contributed by atoms with Gasteiger partial charge in [0.2, 0.25) is 11.8 Å². The first-order chi connectivity index (χ1) is 9.45. The van der Waals surface area contributed by atoms with E-state index in [1.54, 1.807) is 0 Å². The Balaban J connectivity index is 1.76. The summed E-state index contributed by atoms with van der Waals surface area (Å²) in [6.07, 6.45) is 3.05. The molecular weight excluding hydrogens is 256 g/mol. The van der Waals surface area contributed by atoms with Crippen LogP contribution in [0.25, 0.3) is 0 Å². The maximum Gasteiger partial charge on any atom is 0.227 e. The third kappa shape index (κ3) is 4.30. The molecule has 0 bridgehead atoms. The highest BCUT2D eigenvalue weighted by atomic mass is 16.5. The first-order valence-corrected chi connectivity index (χ1v) is 7.28. The number of nitrogens with one attached hydrogen (secondary N) is 2. The van der Waals surface area contributed by atoms with Crippen LogP contribution in [0.1, 0.15) is 51.7 Å². The Morgan fingerprint density at radius 1 is 1.50 bits per heavy atom. The average molecular weight is 280 g/mol. The zero-order valence-corrected chi connectivity index (χ0v) is 12.5. The van der Waals surface area contributed by atoms with E-state index in [0.29, 0.717) is 24.6 Å². The Bertz CT molecular complexity index is 444. The highest BCUT2D eigenvalue weighted by molar-refractivity contribution is 5.76. The average Bonchev–Trinajstić information content (AvgIpc) is 2.86. The van der Waals surface area contributed by atoms with Crippen LogP contribution in [0.15, 0.2) is 4.52 Å². The molecule has 0 unspecified atom stereocenters. The molecule has 112 valence electrons. The Morgan fingerprint density at radius 3 is 2.90 bits per heavy atom. The predicted molar refractivity (Wildman–Crippen MR) is 75.4 cm³/mol. The van der Waals surface area contributed by atoms with E-state index in [1.807, 2.05) is 20.8 Å². The fourth-order valence-corrected chi connectivity index (χ4v) is 2.16. The van der Waals surface area contributed by atoms with E-state index in [9.17, 15) is 4.79 Å². The van der Waals surface area contributed by atoms with Crippen LogP contribution in [0.3, 0.4) is 0 Å². The summed E-state index contributed by atoms with van der Waals surface area (Å²) in [5.74, 6) is 1.27. The molecule has 1 amide bonds. The number of nitrogens with zero attached hydrogens (tertiary/aromatic N) is 2. The summed E-state index contributed by atoms with van der Waals surface area (Å²) in [4.78, 5) is 16.2. The Kier molecular flexibility index (Phi) is 4.75. The SMILES string of the molecule is CC(C)(C)c1noc(CCC(=O)N[C@H]2CCCNC2)n1. The molecule has 1 aliphatic heterocycles. The van der Waals surface area contributed by atoms with Crippen LogP contribution >= 0.6 is 0 Å². The van der Waals surface area contributed by atoms with Crippen molar-refractivity contribution in [3.05, 3.63) is 11.7 Å². The molecule has 1 aliphatic rings. The second kappa shape index (κ2) is 6.35. The smallest absolute Gasteiger partial charge is 0.227 e. The van der Waals surface area contributed by atoms with E-state index in [2.05, 4.69) is 20.8 Å². The van der Waals surface area contributed by atoms with Crippen LogP contribution < -0.4 is 10.6 Å². The summed E-state index contributed by atoms with van der Waals surface area (Å²) < 4.78 is 5.18. The van der Waals surface area contributed by atoms with Gasteiger partial charge in [-0.25, -0.2) is 0 Å². The van der Waals surface area contributed by atoms with E-state index in [1.165, 1.54) is 0 Å². The molecule has 6 heteroatoms. The standard InChI is InChI=1S/C14H24N4O2/c1-14(2,3)13-17-12(20-18-13)7-6-11(19)16-10-5-4-8-15-9-10/h10,15H,4-9H2,1-3H3,(H,16,19)/t10-/m0/s1. The van der Waals surface area contributed by atoms with E-state index < -0.39 is 0 Å². The van der Waals surface area contributed by atoms with Gasteiger partial charge >= 0.3 is 0 Å². The molecule has 20 heavy (non-hydrogen) atoms. The fourth-order valence-electron chi connectivity index (χ4n) is 2.16.